The lowest BCUT2D eigenvalue weighted by Gasteiger charge is -2.24. The zero-order chi connectivity index (χ0) is 48.1. The maximum Gasteiger partial charge on any atom is 0.306 e. The number of unbranched alkanes of at least 4 members (excludes halogenated alkanes) is 39. The molecule has 66 heavy (non-hydrogen) atoms. The van der Waals surface area contributed by atoms with Crippen molar-refractivity contribution in [3.05, 3.63) is 24.3 Å². The summed E-state index contributed by atoms with van der Waals surface area (Å²) >= 11 is 0. The molecule has 0 aromatic carbocycles. The van der Waals surface area contributed by atoms with Gasteiger partial charge in [0.2, 0.25) is 5.91 Å². The Balaban J connectivity index is 4.55. The van der Waals surface area contributed by atoms with Gasteiger partial charge in [-0.3, -0.25) is 9.59 Å². The van der Waals surface area contributed by atoms with Crippen LogP contribution in [0.3, 0.4) is 0 Å². The fourth-order valence-corrected chi connectivity index (χ4v) is 9.31. The first kappa shape index (κ1) is 64.3. The summed E-state index contributed by atoms with van der Waals surface area (Å²) < 4.78 is 5.97. The van der Waals surface area contributed by atoms with Gasteiger partial charge in [0.15, 0.2) is 0 Å². The molecule has 1 amide bonds. The molecule has 3 atom stereocenters. The van der Waals surface area contributed by atoms with E-state index < -0.39 is 18.2 Å². The van der Waals surface area contributed by atoms with Gasteiger partial charge in [-0.25, -0.2) is 0 Å². The van der Waals surface area contributed by atoms with Gasteiger partial charge in [-0.1, -0.05) is 283 Å². The summed E-state index contributed by atoms with van der Waals surface area (Å²) in [5, 5.41) is 23.9. The van der Waals surface area contributed by atoms with E-state index in [9.17, 15) is 19.8 Å². The lowest BCUT2D eigenvalue weighted by atomic mass is 10.0. The quantitative estimate of drug-likeness (QED) is 0.0321. The number of aliphatic hydroxyl groups is 2. The minimum absolute atomic E-state index is 0.0777. The van der Waals surface area contributed by atoms with Crippen LogP contribution in [0.25, 0.3) is 0 Å². The molecule has 0 saturated heterocycles. The average Bonchev–Trinajstić information content (AvgIpc) is 3.31. The second kappa shape index (κ2) is 54.3. The largest absolute Gasteiger partial charge is 0.462 e. The second-order valence-corrected chi connectivity index (χ2v) is 20.4. The van der Waals surface area contributed by atoms with Crippen LogP contribution in [0.1, 0.15) is 323 Å². The number of rotatable bonds is 54. The monoisotopic (exact) mass is 930 g/mol. The molecule has 0 rings (SSSR count). The van der Waals surface area contributed by atoms with Crippen molar-refractivity contribution in [3.8, 4) is 0 Å². The molecule has 0 aliphatic rings. The highest BCUT2D eigenvalue weighted by atomic mass is 16.5. The lowest BCUT2D eigenvalue weighted by molar-refractivity contribution is -0.151. The number of carbonyl (C=O) groups is 2. The summed E-state index contributed by atoms with van der Waals surface area (Å²) in [6, 6.07) is -0.701. The smallest absolute Gasteiger partial charge is 0.306 e. The van der Waals surface area contributed by atoms with Gasteiger partial charge in [-0.15, -0.1) is 0 Å². The molecule has 0 spiro atoms. The van der Waals surface area contributed by atoms with E-state index in [1.807, 2.05) is 0 Å². The first-order chi connectivity index (χ1) is 32.5. The van der Waals surface area contributed by atoms with Crippen LogP contribution in [0.5, 0.6) is 0 Å². The molecule has 3 unspecified atom stereocenters. The third kappa shape index (κ3) is 48.8. The van der Waals surface area contributed by atoms with Crippen LogP contribution in [-0.4, -0.2) is 46.9 Å². The molecule has 6 nitrogen and oxygen atoms in total. The number of hydrogen-bond acceptors (Lipinski definition) is 5. The Kier molecular flexibility index (Phi) is 52.9. The van der Waals surface area contributed by atoms with Crippen LogP contribution in [-0.2, 0) is 14.3 Å². The Labute approximate surface area is 411 Å². The van der Waals surface area contributed by atoms with Gasteiger partial charge in [-0.2, -0.15) is 0 Å². The number of ether oxygens (including phenoxy) is 1. The molecular formula is C60H115NO5. The predicted molar refractivity (Wildman–Crippen MR) is 287 cm³/mol. The molecule has 0 fully saturated rings. The van der Waals surface area contributed by atoms with E-state index in [0.29, 0.717) is 19.3 Å². The third-order valence-electron chi connectivity index (χ3n) is 13.8. The summed E-state index contributed by atoms with van der Waals surface area (Å²) in [5.74, 6) is -0.470. The molecule has 0 heterocycles. The third-order valence-corrected chi connectivity index (χ3v) is 13.8. The van der Waals surface area contributed by atoms with Crippen molar-refractivity contribution >= 4 is 11.9 Å². The molecule has 0 aromatic heterocycles. The fourth-order valence-electron chi connectivity index (χ4n) is 9.31. The molecule has 0 bridgehead atoms. The van der Waals surface area contributed by atoms with Crippen LogP contribution in [0.2, 0.25) is 0 Å². The average molecular weight is 931 g/mol. The maximum absolute atomic E-state index is 13.3. The van der Waals surface area contributed by atoms with Crippen molar-refractivity contribution < 1.29 is 24.5 Å². The van der Waals surface area contributed by atoms with Gasteiger partial charge in [-0.05, 0) is 51.4 Å². The van der Waals surface area contributed by atoms with Crippen LogP contribution < -0.4 is 5.32 Å². The number of nitrogens with one attached hydrogen (secondary N) is 1. The highest BCUT2D eigenvalue weighted by Gasteiger charge is 2.24. The van der Waals surface area contributed by atoms with Crippen molar-refractivity contribution in [3.63, 3.8) is 0 Å². The van der Waals surface area contributed by atoms with Crippen LogP contribution in [0, 0.1) is 0 Å². The summed E-state index contributed by atoms with van der Waals surface area (Å²) in [4.78, 5) is 26.3. The van der Waals surface area contributed by atoms with E-state index in [1.54, 1.807) is 0 Å². The van der Waals surface area contributed by atoms with Crippen molar-refractivity contribution in [2.24, 2.45) is 0 Å². The molecular weight excluding hydrogens is 815 g/mol. The highest BCUT2D eigenvalue weighted by Crippen LogP contribution is 2.19. The topological polar surface area (TPSA) is 95.9 Å². The second-order valence-electron chi connectivity index (χ2n) is 20.4. The van der Waals surface area contributed by atoms with E-state index in [2.05, 4.69) is 50.4 Å². The van der Waals surface area contributed by atoms with Crippen LogP contribution >= 0.6 is 0 Å². The number of aliphatic hydroxyl groups excluding tert-OH is 2. The maximum atomic E-state index is 13.3. The van der Waals surface area contributed by atoms with E-state index in [0.717, 1.165) is 51.4 Å². The molecule has 0 saturated carbocycles. The minimum atomic E-state index is -0.787. The van der Waals surface area contributed by atoms with Crippen molar-refractivity contribution in [1.29, 1.82) is 0 Å². The number of carbonyl (C=O) groups excluding carboxylic acids is 2. The van der Waals surface area contributed by atoms with Gasteiger partial charge in [0, 0.05) is 6.42 Å². The first-order valence-corrected chi connectivity index (χ1v) is 29.6. The van der Waals surface area contributed by atoms with Gasteiger partial charge >= 0.3 is 5.97 Å². The number of hydrogen-bond donors (Lipinski definition) is 3. The molecule has 0 aromatic rings. The zero-order valence-corrected chi connectivity index (χ0v) is 44.6. The molecule has 0 aliphatic carbocycles. The van der Waals surface area contributed by atoms with E-state index in [4.69, 9.17) is 4.74 Å². The summed E-state index contributed by atoms with van der Waals surface area (Å²) in [6.45, 7) is 6.52. The SMILES string of the molecule is CCCCCCCCC/C=C/C=C/CCCCCCCC(=O)OC(CCCCCCCCCCCCCCCCCC)CC(=O)NC(CO)C(O)CCCCCCCCCCCCCCC. The minimum Gasteiger partial charge on any atom is -0.462 e. The Hall–Kier alpha value is -1.66. The van der Waals surface area contributed by atoms with Crippen molar-refractivity contribution in [1.82, 2.24) is 5.32 Å². The zero-order valence-electron chi connectivity index (χ0n) is 44.6. The highest BCUT2D eigenvalue weighted by molar-refractivity contribution is 5.77. The Morgan fingerprint density at radius 3 is 1.12 bits per heavy atom. The van der Waals surface area contributed by atoms with E-state index >= 15 is 0 Å². The fraction of sp³-hybridized carbons (Fsp3) is 0.900. The molecule has 0 radical (unpaired) electrons. The van der Waals surface area contributed by atoms with Gasteiger partial charge in [0.1, 0.15) is 6.10 Å². The standard InChI is InChI=1S/C60H115NO5/c1-4-7-10-13-16-19-22-25-27-29-30-32-35-38-41-44-47-50-53-60(65)66-56(51-48-45-42-39-36-34-31-28-26-23-20-17-14-11-8-5-2)54-59(64)61-57(55-62)58(63)52-49-46-43-40-37-33-24-21-18-15-12-9-6-3/h27,29-30,32,56-58,62-63H,4-26,28,31,33-55H2,1-3H3,(H,61,64)/b29-27+,32-30+. The van der Waals surface area contributed by atoms with E-state index in [-0.39, 0.29) is 24.9 Å². The molecule has 3 N–H and O–H groups in total. The normalized spacial score (nSPS) is 13.2. The molecule has 390 valence electrons. The Morgan fingerprint density at radius 1 is 0.439 bits per heavy atom. The molecule has 0 aliphatic heterocycles. The van der Waals surface area contributed by atoms with Gasteiger partial charge in [0.05, 0.1) is 25.2 Å². The van der Waals surface area contributed by atoms with Gasteiger partial charge in [0.25, 0.3) is 0 Å². The summed E-state index contributed by atoms with van der Waals surface area (Å²) in [6.07, 6.45) is 63.9. The molecule has 6 heteroatoms. The Morgan fingerprint density at radius 2 is 0.758 bits per heavy atom. The summed E-state index contributed by atoms with van der Waals surface area (Å²) in [5.41, 5.74) is 0. The van der Waals surface area contributed by atoms with Crippen molar-refractivity contribution in [2.45, 2.75) is 341 Å². The lowest BCUT2D eigenvalue weighted by Crippen LogP contribution is -2.46. The number of allylic oxidation sites excluding steroid dienone is 4. The predicted octanol–water partition coefficient (Wildman–Crippen LogP) is 18.2. The van der Waals surface area contributed by atoms with E-state index in [1.165, 1.54) is 225 Å². The first-order valence-electron chi connectivity index (χ1n) is 29.6. The van der Waals surface area contributed by atoms with Crippen molar-refractivity contribution in [2.75, 3.05) is 6.61 Å². The van der Waals surface area contributed by atoms with Gasteiger partial charge < -0.3 is 20.3 Å². The summed E-state index contributed by atoms with van der Waals surface area (Å²) in [7, 11) is 0. The van der Waals surface area contributed by atoms with Crippen LogP contribution in [0.4, 0.5) is 0 Å². The number of amides is 1. The van der Waals surface area contributed by atoms with Crippen LogP contribution in [0.15, 0.2) is 24.3 Å². The Bertz CT molecular complexity index is 1040. The number of esters is 1.